The van der Waals surface area contributed by atoms with Crippen LogP contribution < -0.4 is 10.6 Å². The van der Waals surface area contributed by atoms with E-state index in [9.17, 15) is 0 Å². The van der Waals surface area contributed by atoms with Gasteiger partial charge < -0.3 is 10.6 Å². The van der Waals surface area contributed by atoms with E-state index in [4.69, 9.17) is 5.73 Å². The van der Waals surface area contributed by atoms with Crippen LogP contribution in [0.25, 0.3) is 0 Å². The maximum Gasteiger partial charge on any atom is 0.0399 e. The van der Waals surface area contributed by atoms with E-state index in [2.05, 4.69) is 54.0 Å². The van der Waals surface area contributed by atoms with Crippen molar-refractivity contribution in [2.45, 2.75) is 26.7 Å². The molecule has 2 aromatic rings. The second kappa shape index (κ2) is 7.71. The van der Waals surface area contributed by atoms with Gasteiger partial charge in [-0.05, 0) is 68.1 Å². The summed E-state index contributed by atoms with van der Waals surface area (Å²) in [6, 6.07) is 14.9. The zero-order chi connectivity index (χ0) is 16.9. The smallest absolute Gasteiger partial charge is 0.0399 e. The fraction of sp³-hybridized carbons (Fsp3) is 0.429. The molecule has 2 N–H and O–H groups in total. The van der Waals surface area contributed by atoms with Crippen molar-refractivity contribution < 1.29 is 0 Å². The van der Waals surface area contributed by atoms with Gasteiger partial charge in [-0.2, -0.15) is 0 Å². The molecule has 128 valence electrons. The van der Waals surface area contributed by atoms with Crippen LogP contribution in [0.5, 0.6) is 0 Å². The minimum absolute atomic E-state index is 0.848. The van der Waals surface area contributed by atoms with E-state index >= 15 is 0 Å². The van der Waals surface area contributed by atoms with Gasteiger partial charge in [0.05, 0.1) is 0 Å². The van der Waals surface area contributed by atoms with Gasteiger partial charge in [0.2, 0.25) is 0 Å². The average molecular weight is 323 g/mol. The third kappa shape index (κ3) is 4.09. The number of benzene rings is 2. The van der Waals surface area contributed by atoms with Crippen LogP contribution in [0.2, 0.25) is 0 Å². The first-order valence-corrected chi connectivity index (χ1v) is 9.01. The molecule has 0 radical (unpaired) electrons. The van der Waals surface area contributed by atoms with E-state index in [0.29, 0.717) is 0 Å². The summed E-state index contributed by atoms with van der Waals surface area (Å²) in [5.74, 6) is 0. The average Bonchev–Trinajstić information content (AvgIpc) is 2.60. The second-order valence-corrected chi connectivity index (χ2v) is 6.89. The van der Waals surface area contributed by atoms with Gasteiger partial charge in [-0.15, -0.1) is 0 Å². The summed E-state index contributed by atoms with van der Waals surface area (Å²) in [6.07, 6.45) is 2.35. The first kappa shape index (κ1) is 16.8. The Kier molecular flexibility index (Phi) is 5.41. The zero-order valence-corrected chi connectivity index (χ0v) is 15.0. The lowest BCUT2D eigenvalue weighted by molar-refractivity contribution is 0.255. The Balaban J connectivity index is 1.45. The maximum absolute atomic E-state index is 5.74. The summed E-state index contributed by atoms with van der Waals surface area (Å²) in [5, 5.41) is 0. The fourth-order valence-electron chi connectivity index (χ4n) is 3.48. The lowest BCUT2D eigenvalue weighted by atomic mass is 10.1. The molecule has 2 aromatic carbocycles. The van der Waals surface area contributed by atoms with Crippen molar-refractivity contribution in [1.29, 1.82) is 0 Å². The molecule has 0 amide bonds. The number of nitrogens with zero attached hydrogens (tertiary/aromatic N) is 2. The molecule has 3 nitrogen and oxygen atoms in total. The fourth-order valence-corrected chi connectivity index (χ4v) is 3.48. The molecular formula is C21H29N3. The SMILES string of the molecule is Cc1cccc(N2CCN(CCCc3ccc(N)cc3)CC2)c1C. The van der Waals surface area contributed by atoms with E-state index in [-0.39, 0.29) is 0 Å². The molecule has 24 heavy (non-hydrogen) atoms. The summed E-state index contributed by atoms with van der Waals surface area (Å²) in [4.78, 5) is 5.14. The summed E-state index contributed by atoms with van der Waals surface area (Å²) in [5.41, 5.74) is 12.2. The number of piperazine rings is 1. The highest BCUT2D eigenvalue weighted by atomic mass is 15.3. The maximum atomic E-state index is 5.74. The van der Waals surface area contributed by atoms with Crippen LogP contribution in [0.4, 0.5) is 11.4 Å². The molecule has 1 fully saturated rings. The van der Waals surface area contributed by atoms with E-state index < -0.39 is 0 Å². The quantitative estimate of drug-likeness (QED) is 0.853. The Morgan fingerprint density at radius 3 is 2.33 bits per heavy atom. The highest BCUT2D eigenvalue weighted by Crippen LogP contribution is 2.23. The Morgan fingerprint density at radius 2 is 1.62 bits per heavy atom. The van der Waals surface area contributed by atoms with Crippen LogP contribution in [-0.4, -0.2) is 37.6 Å². The van der Waals surface area contributed by atoms with Crippen LogP contribution in [0, 0.1) is 13.8 Å². The van der Waals surface area contributed by atoms with Crippen LogP contribution in [0.3, 0.4) is 0 Å². The van der Waals surface area contributed by atoms with Gasteiger partial charge in [0.15, 0.2) is 0 Å². The minimum Gasteiger partial charge on any atom is -0.399 e. The number of hydrogen-bond acceptors (Lipinski definition) is 3. The topological polar surface area (TPSA) is 32.5 Å². The Labute approximate surface area is 146 Å². The molecule has 1 aliphatic heterocycles. The van der Waals surface area contributed by atoms with Gasteiger partial charge in [0, 0.05) is 37.6 Å². The molecular weight excluding hydrogens is 294 g/mol. The standard InChI is InChI=1S/C21H29N3/c1-17-5-3-7-21(18(17)2)24-15-13-23(14-16-24)12-4-6-19-8-10-20(22)11-9-19/h3,5,7-11H,4,6,12-16,22H2,1-2H3. The minimum atomic E-state index is 0.848. The van der Waals surface area contributed by atoms with Crippen molar-refractivity contribution in [3.63, 3.8) is 0 Å². The third-order valence-electron chi connectivity index (χ3n) is 5.21. The Hall–Kier alpha value is -2.00. The first-order chi connectivity index (χ1) is 11.6. The number of rotatable bonds is 5. The first-order valence-electron chi connectivity index (χ1n) is 9.01. The second-order valence-electron chi connectivity index (χ2n) is 6.89. The normalized spacial score (nSPS) is 15.7. The molecule has 3 rings (SSSR count). The summed E-state index contributed by atoms with van der Waals surface area (Å²) in [6.45, 7) is 10.2. The molecule has 0 aliphatic carbocycles. The van der Waals surface area contributed by atoms with E-state index in [1.165, 1.54) is 35.3 Å². The van der Waals surface area contributed by atoms with Crippen molar-refractivity contribution >= 4 is 11.4 Å². The number of nitrogens with two attached hydrogens (primary N) is 1. The van der Waals surface area contributed by atoms with Crippen LogP contribution >= 0.6 is 0 Å². The Bertz CT molecular complexity index is 655. The molecule has 0 saturated carbocycles. The van der Waals surface area contributed by atoms with Gasteiger partial charge in [0.25, 0.3) is 0 Å². The molecule has 1 aliphatic rings. The van der Waals surface area contributed by atoms with Crippen molar-refractivity contribution in [3.05, 3.63) is 59.2 Å². The van der Waals surface area contributed by atoms with E-state index in [1.807, 2.05) is 12.1 Å². The summed E-state index contributed by atoms with van der Waals surface area (Å²) in [7, 11) is 0. The Morgan fingerprint density at radius 1 is 0.917 bits per heavy atom. The molecule has 0 spiro atoms. The molecule has 1 saturated heterocycles. The zero-order valence-electron chi connectivity index (χ0n) is 15.0. The predicted octanol–water partition coefficient (Wildman–Crippen LogP) is 3.64. The molecule has 0 unspecified atom stereocenters. The largest absolute Gasteiger partial charge is 0.399 e. The third-order valence-corrected chi connectivity index (χ3v) is 5.21. The molecule has 3 heteroatoms. The van der Waals surface area contributed by atoms with Gasteiger partial charge in [0.1, 0.15) is 0 Å². The lowest BCUT2D eigenvalue weighted by Gasteiger charge is -2.37. The predicted molar refractivity (Wildman–Crippen MR) is 104 cm³/mol. The van der Waals surface area contributed by atoms with E-state index in [1.54, 1.807) is 0 Å². The van der Waals surface area contributed by atoms with Crippen molar-refractivity contribution in [2.75, 3.05) is 43.4 Å². The van der Waals surface area contributed by atoms with Crippen LogP contribution in [-0.2, 0) is 6.42 Å². The molecule has 0 aromatic heterocycles. The molecule has 0 bridgehead atoms. The summed E-state index contributed by atoms with van der Waals surface area (Å²) < 4.78 is 0. The number of hydrogen-bond donors (Lipinski definition) is 1. The number of nitrogen functional groups attached to an aromatic ring is 1. The van der Waals surface area contributed by atoms with Gasteiger partial charge in [-0.1, -0.05) is 24.3 Å². The van der Waals surface area contributed by atoms with E-state index in [0.717, 1.165) is 38.3 Å². The molecule has 1 heterocycles. The van der Waals surface area contributed by atoms with Crippen LogP contribution in [0.15, 0.2) is 42.5 Å². The van der Waals surface area contributed by atoms with Gasteiger partial charge >= 0.3 is 0 Å². The molecule has 0 atom stereocenters. The monoisotopic (exact) mass is 323 g/mol. The van der Waals surface area contributed by atoms with Crippen molar-refractivity contribution in [1.82, 2.24) is 4.90 Å². The summed E-state index contributed by atoms with van der Waals surface area (Å²) >= 11 is 0. The highest BCUT2D eigenvalue weighted by Gasteiger charge is 2.18. The van der Waals surface area contributed by atoms with Gasteiger partial charge in [-0.3, -0.25) is 4.90 Å². The highest BCUT2D eigenvalue weighted by molar-refractivity contribution is 5.56. The van der Waals surface area contributed by atoms with Crippen molar-refractivity contribution in [2.24, 2.45) is 0 Å². The lowest BCUT2D eigenvalue weighted by Crippen LogP contribution is -2.46. The number of anilines is 2. The van der Waals surface area contributed by atoms with Crippen molar-refractivity contribution in [3.8, 4) is 0 Å². The van der Waals surface area contributed by atoms with Gasteiger partial charge in [-0.25, -0.2) is 0 Å². The van der Waals surface area contributed by atoms with Crippen LogP contribution in [0.1, 0.15) is 23.1 Å². The number of aryl methyl sites for hydroxylation is 2.